The van der Waals surface area contributed by atoms with E-state index >= 15 is 0 Å². The van der Waals surface area contributed by atoms with Crippen molar-refractivity contribution in [3.63, 3.8) is 0 Å². The highest BCUT2D eigenvalue weighted by molar-refractivity contribution is 5.34. The molecule has 0 spiro atoms. The molecule has 0 aliphatic carbocycles. The Bertz CT molecular complexity index is 468. The summed E-state index contributed by atoms with van der Waals surface area (Å²) in [4.78, 5) is 10.6. The summed E-state index contributed by atoms with van der Waals surface area (Å²) >= 11 is 0. The van der Waals surface area contributed by atoms with Gasteiger partial charge in [0, 0.05) is 18.6 Å². The maximum atomic E-state index is 10.9. The van der Waals surface area contributed by atoms with Crippen LogP contribution in [0, 0.1) is 10.1 Å². The molecular formula is C18H31N2O2+. The summed E-state index contributed by atoms with van der Waals surface area (Å²) in [7, 11) is 0. The van der Waals surface area contributed by atoms with E-state index in [2.05, 4.69) is 27.7 Å². The lowest BCUT2D eigenvalue weighted by atomic mass is 10.0. The number of benzene rings is 1. The number of hydrogen-bond acceptors (Lipinski definition) is 2. The van der Waals surface area contributed by atoms with E-state index in [0.717, 1.165) is 23.0 Å². The van der Waals surface area contributed by atoms with Gasteiger partial charge in [0.15, 0.2) is 0 Å². The van der Waals surface area contributed by atoms with Gasteiger partial charge in [-0.15, -0.1) is 0 Å². The van der Waals surface area contributed by atoms with Crippen LogP contribution < -0.4 is 0 Å². The van der Waals surface area contributed by atoms with Crippen LogP contribution in [0.1, 0.15) is 52.5 Å². The van der Waals surface area contributed by atoms with E-state index in [1.165, 1.54) is 32.4 Å². The van der Waals surface area contributed by atoms with Gasteiger partial charge in [0.05, 0.1) is 30.6 Å². The van der Waals surface area contributed by atoms with Gasteiger partial charge in [0.2, 0.25) is 0 Å². The zero-order valence-electron chi connectivity index (χ0n) is 14.5. The van der Waals surface area contributed by atoms with Gasteiger partial charge in [-0.05, 0) is 31.7 Å². The molecular weight excluding hydrogens is 276 g/mol. The Kier molecular flexibility index (Phi) is 7.52. The summed E-state index contributed by atoms with van der Waals surface area (Å²) in [6.45, 7) is 12.6. The molecule has 0 fully saturated rings. The Hall–Kier alpha value is -1.42. The van der Waals surface area contributed by atoms with Gasteiger partial charge in [0.25, 0.3) is 5.69 Å². The largest absolute Gasteiger partial charge is 0.321 e. The predicted octanol–water partition coefficient (Wildman–Crippen LogP) is 4.57. The number of hydrogen-bond donors (Lipinski definition) is 0. The molecule has 0 heterocycles. The Morgan fingerprint density at radius 2 is 1.77 bits per heavy atom. The van der Waals surface area contributed by atoms with Crippen molar-refractivity contribution in [1.29, 1.82) is 0 Å². The lowest BCUT2D eigenvalue weighted by Gasteiger charge is -2.43. The first-order valence-electron chi connectivity index (χ1n) is 8.58. The molecule has 0 saturated carbocycles. The smallest absolute Gasteiger partial charge is 0.269 e. The lowest BCUT2D eigenvalue weighted by Crippen LogP contribution is -2.56. The second-order valence-corrected chi connectivity index (χ2v) is 6.32. The maximum Gasteiger partial charge on any atom is 0.269 e. The molecule has 22 heavy (non-hydrogen) atoms. The van der Waals surface area contributed by atoms with E-state index < -0.39 is 0 Å². The summed E-state index contributed by atoms with van der Waals surface area (Å²) in [6.07, 6.45) is 4.44. The maximum absolute atomic E-state index is 10.9. The highest BCUT2D eigenvalue weighted by Gasteiger charge is 2.30. The normalized spacial score (nSPS) is 13.1. The summed E-state index contributed by atoms with van der Waals surface area (Å²) in [5.41, 5.74) is 1.28. The van der Waals surface area contributed by atoms with E-state index in [4.69, 9.17) is 0 Å². The average Bonchev–Trinajstić information content (AvgIpc) is 2.52. The highest BCUT2D eigenvalue weighted by atomic mass is 16.6. The second kappa shape index (κ2) is 8.89. The Morgan fingerprint density at radius 3 is 2.27 bits per heavy atom. The van der Waals surface area contributed by atoms with E-state index in [9.17, 15) is 10.1 Å². The molecule has 1 rings (SSSR count). The second-order valence-electron chi connectivity index (χ2n) is 6.32. The number of nitro benzene ring substituents is 1. The highest BCUT2D eigenvalue weighted by Crippen LogP contribution is 2.21. The lowest BCUT2D eigenvalue weighted by molar-refractivity contribution is -0.949. The average molecular weight is 307 g/mol. The van der Waals surface area contributed by atoms with Crippen LogP contribution in [0.15, 0.2) is 24.3 Å². The van der Waals surface area contributed by atoms with Crippen LogP contribution in [0.4, 0.5) is 5.69 Å². The van der Waals surface area contributed by atoms with Crippen molar-refractivity contribution in [2.45, 2.75) is 59.4 Å². The predicted molar refractivity (Wildman–Crippen MR) is 92.0 cm³/mol. The first-order chi connectivity index (χ1) is 10.5. The first kappa shape index (κ1) is 18.6. The minimum Gasteiger partial charge on any atom is -0.321 e. The van der Waals surface area contributed by atoms with Crippen molar-refractivity contribution in [1.82, 2.24) is 0 Å². The van der Waals surface area contributed by atoms with E-state index in [1.54, 1.807) is 18.2 Å². The molecule has 1 atom stereocenters. The first-order valence-corrected chi connectivity index (χ1v) is 8.58. The van der Waals surface area contributed by atoms with Crippen molar-refractivity contribution in [3.05, 3.63) is 39.9 Å². The third-order valence-electron chi connectivity index (χ3n) is 4.83. The van der Waals surface area contributed by atoms with Crippen molar-refractivity contribution in [2.75, 3.05) is 19.6 Å². The van der Waals surface area contributed by atoms with Crippen LogP contribution in [0.2, 0.25) is 0 Å². The molecule has 0 radical (unpaired) electrons. The van der Waals surface area contributed by atoms with Crippen molar-refractivity contribution < 1.29 is 9.41 Å². The summed E-state index contributed by atoms with van der Waals surface area (Å²) < 4.78 is 1.13. The number of rotatable bonds is 10. The van der Waals surface area contributed by atoms with Crippen LogP contribution in [0.25, 0.3) is 0 Å². The minimum atomic E-state index is -0.307. The van der Waals surface area contributed by atoms with Crippen LogP contribution in [-0.4, -0.2) is 35.1 Å². The summed E-state index contributed by atoms with van der Waals surface area (Å²) in [5, 5.41) is 10.9. The van der Waals surface area contributed by atoms with Crippen LogP contribution >= 0.6 is 0 Å². The SMILES string of the molecule is CCC[N+](CCC)(CCc1cccc([N+](=O)[O-])c1)C(C)CC. The molecule has 1 aromatic rings. The van der Waals surface area contributed by atoms with Gasteiger partial charge in [-0.25, -0.2) is 0 Å². The zero-order chi connectivity index (χ0) is 16.6. The molecule has 0 aliphatic rings. The van der Waals surface area contributed by atoms with E-state index in [0.29, 0.717) is 6.04 Å². The Balaban J connectivity index is 2.90. The van der Waals surface area contributed by atoms with Crippen molar-refractivity contribution in [3.8, 4) is 0 Å². The molecule has 0 aromatic heterocycles. The third-order valence-corrected chi connectivity index (χ3v) is 4.83. The van der Waals surface area contributed by atoms with Crippen LogP contribution in [0.5, 0.6) is 0 Å². The van der Waals surface area contributed by atoms with E-state index in [-0.39, 0.29) is 10.6 Å². The zero-order valence-corrected chi connectivity index (χ0v) is 14.5. The van der Waals surface area contributed by atoms with Crippen molar-refractivity contribution in [2.24, 2.45) is 0 Å². The molecule has 4 nitrogen and oxygen atoms in total. The fourth-order valence-electron chi connectivity index (χ4n) is 3.45. The van der Waals surface area contributed by atoms with Gasteiger partial charge in [-0.1, -0.05) is 32.9 Å². The Morgan fingerprint density at radius 1 is 1.14 bits per heavy atom. The Labute approximate surface area is 134 Å². The van der Waals surface area contributed by atoms with Gasteiger partial charge in [-0.3, -0.25) is 10.1 Å². The molecule has 124 valence electrons. The molecule has 1 aromatic carbocycles. The third kappa shape index (κ3) is 4.80. The number of quaternary nitrogens is 1. The molecule has 0 saturated heterocycles. The molecule has 0 N–H and O–H groups in total. The quantitative estimate of drug-likeness (QED) is 0.361. The number of nitro groups is 1. The fourth-order valence-corrected chi connectivity index (χ4v) is 3.45. The topological polar surface area (TPSA) is 43.1 Å². The van der Waals surface area contributed by atoms with Gasteiger partial charge < -0.3 is 4.48 Å². The van der Waals surface area contributed by atoms with Gasteiger partial charge >= 0.3 is 0 Å². The van der Waals surface area contributed by atoms with E-state index in [1.807, 2.05) is 6.07 Å². The monoisotopic (exact) mass is 307 g/mol. The van der Waals surface area contributed by atoms with Crippen LogP contribution in [-0.2, 0) is 6.42 Å². The minimum absolute atomic E-state index is 0.199. The molecule has 0 aliphatic heterocycles. The molecule has 4 heteroatoms. The van der Waals surface area contributed by atoms with Crippen LogP contribution in [0.3, 0.4) is 0 Å². The van der Waals surface area contributed by atoms with Gasteiger partial charge in [0.1, 0.15) is 0 Å². The molecule has 0 amide bonds. The van der Waals surface area contributed by atoms with Crippen molar-refractivity contribution >= 4 is 5.69 Å². The van der Waals surface area contributed by atoms with Gasteiger partial charge in [-0.2, -0.15) is 0 Å². The number of nitrogens with zero attached hydrogens (tertiary/aromatic N) is 2. The summed E-state index contributed by atoms with van der Waals surface area (Å²) in [5.74, 6) is 0. The fraction of sp³-hybridized carbons (Fsp3) is 0.667. The number of non-ortho nitro benzene ring substituents is 1. The standard InChI is InChI=1S/C18H31N2O2/c1-5-12-20(13-6-2,16(4)7-3)14-11-17-9-8-10-18(15-17)19(21)22/h8-10,15-16H,5-7,11-14H2,1-4H3/q+1. The molecule has 1 unspecified atom stereocenters. The summed E-state index contributed by atoms with van der Waals surface area (Å²) in [6, 6.07) is 7.74. The molecule has 0 bridgehead atoms.